The van der Waals surface area contributed by atoms with Gasteiger partial charge in [-0.1, -0.05) is 29.8 Å². The Hall–Kier alpha value is -1.39. The highest BCUT2D eigenvalue weighted by atomic mass is 35.5. The van der Waals surface area contributed by atoms with Crippen molar-refractivity contribution in [1.82, 2.24) is 4.98 Å². The van der Waals surface area contributed by atoms with Gasteiger partial charge in [0, 0.05) is 5.56 Å². The summed E-state index contributed by atoms with van der Waals surface area (Å²) in [5.74, 6) is -0.967. The van der Waals surface area contributed by atoms with Gasteiger partial charge in [0.15, 0.2) is 0 Å². The van der Waals surface area contributed by atoms with E-state index in [-0.39, 0.29) is 4.88 Å². The van der Waals surface area contributed by atoms with E-state index < -0.39 is 5.97 Å². The maximum absolute atomic E-state index is 10.7. The van der Waals surface area contributed by atoms with Crippen LogP contribution in [0.2, 0.25) is 5.02 Å². The minimum atomic E-state index is -0.967. The van der Waals surface area contributed by atoms with Crippen LogP contribution in [0, 0.1) is 0 Å². The molecule has 0 unspecified atom stereocenters. The van der Waals surface area contributed by atoms with Gasteiger partial charge in [-0.05, 0) is 6.07 Å². The Bertz CT molecular complexity index is 510. The maximum atomic E-state index is 10.7. The highest BCUT2D eigenvalue weighted by Gasteiger charge is 2.11. The van der Waals surface area contributed by atoms with E-state index in [4.69, 9.17) is 16.7 Å². The molecule has 0 saturated carbocycles. The summed E-state index contributed by atoms with van der Waals surface area (Å²) in [7, 11) is 0. The van der Waals surface area contributed by atoms with Crippen LogP contribution in [-0.4, -0.2) is 16.1 Å². The number of carboxylic acid groups (broad SMARTS) is 1. The van der Waals surface area contributed by atoms with E-state index in [2.05, 4.69) is 4.98 Å². The lowest BCUT2D eigenvalue weighted by Gasteiger charge is -1.97. The average molecular weight is 240 g/mol. The van der Waals surface area contributed by atoms with Crippen LogP contribution < -0.4 is 0 Å². The van der Waals surface area contributed by atoms with Crippen LogP contribution in [0.15, 0.2) is 30.5 Å². The fraction of sp³-hybridized carbons (Fsp3) is 0. The smallest absolute Gasteiger partial charge is 0.347 e. The number of thiazole rings is 1. The van der Waals surface area contributed by atoms with Gasteiger partial charge in [0.05, 0.1) is 11.2 Å². The van der Waals surface area contributed by atoms with Crippen LogP contribution in [0.3, 0.4) is 0 Å². The summed E-state index contributed by atoms with van der Waals surface area (Å²) in [5, 5.41) is 9.95. The normalized spacial score (nSPS) is 10.2. The largest absolute Gasteiger partial charge is 0.477 e. The van der Waals surface area contributed by atoms with Crippen LogP contribution in [0.5, 0.6) is 0 Å². The Labute approximate surface area is 95.0 Å². The lowest BCUT2D eigenvalue weighted by molar-refractivity contribution is 0.0702. The van der Waals surface area contributed by atoms with Crippen molar-refractivity contribution in [3.05, 3.63) is 40.4 Å². The molecule has 0 aliphatic rings. The number of benzene rings is 1. The molecule has 0 fully saturated rings. The van der Waals surface area contributed by atoms with E-state index in [1.807, 2.05) is 18.2 Å². The van der Waals surface area contributed by atoms with Gasteiger partial charge < -0.3 is 5.11 Å². The van der Waals surface area contributed by atoms with Crippen molar-refractivity contribution >= 4 is 28.9 Å². The molecule has 0 atom stereocenters. The second-order valence-electron chi connectivity index (χ2n) is 2.81. The monoisotopic (exact) mass is 239 g/mol. The van der Waals surface area contributed by atoms with Gasteiger partial charge in [-0.15, -0.1) is 11.3 Å². The summed E-state index contributed by atoms with van der Waals surface area (Å²) in [6.45, 7) is 0. The molecule has 1 aromatic heterocycles. The first-order valence-corrected chi connectivity index (χ1v) is 5.32. The van der Waals surface area contributed by atoms with Gasteiger partial charge in [-0.2, -0.15) is 0 Å². The van der Waals surface area contributed by atoms with E-state index in [1.165, 1.54) is 6.20 Å². The highest BCUT2D eigenvalue weighted by Crippen LogP contribution is 2.30. The molecule has 1 aromatic carbocycles. The van der Waals surface area contributed by atoms with E-state index in [1.54, 1.807) is 6.07 Å². The fourth-order valence-electron chi connectivity index (χ4n) is 1.13. The number of nitrogens with zero attached hydrogens (tertiary/aromatic N) is 1. The van der Waals surface area contributed by atoms with E-state index >= 15 is 0 Å². The van der Waals surface area contributed by atoms with Crippen molar-refractivity contribution < 1.29 is 9.90 Å². The van der Waals surface area contributed by atoms with Gasteiger partial charge >= 0.3 is 5.97 Å². The first-order valence-electron chi connectivity index (χ1n) is 4.12. The van der Waals surface area contributed by atoms with Crippen molar-refractivity contribution in [2.24, 2.45) is 0 Å². The molecule has 2 aromatic rings. The summed E-state index contributed by atoms with van der Waals surface area (Å²) < 4.78 is 0. The average Bonchev–Trinajstić information content (AvgIpc) is 2.67. The van der Waals surface area contributed by atoms with Gasteiger partial charge in [-0.3, -0.25) is 0 Å². The van der Waals surface area contributed by atoms with Gasteiger partial charge in [0.1, 0.15) is 9.88 Å². The zero-order valence-electron chi connectivity index (χ0n) is 7.48. The van der Waals surface area contributed by atoms with Crippen LogP contribution in [0.25, 0.3) is 10.6 Å². The molecule has 0 radical (unpaired) electrons. The van der Waals surface area contributed by atoms with Crippen molar-refractivity contribution in [2.45, 2.75) is 0 Å². The summed E-state index contributed by atoms with van der Waals surface area (Å²) in [6, 6.07) is 7.21. The van der Waals surface area contributed by atoms with Gasteiger partial charge in [0.2, 0.25) is 0 Å². The quantitative estimate of drug-likeness (QED) is 0.876. The molecule has 0 amide bonds. The van der Waals surface area contributed by atoms with Crippen molar-refractivity contribution in [1.29, 1.82) is 0 Å². The van der Waals surface area contributed by atoms with Gasteiger partial charge in [0.25, 0.3) is 0 Å². The van der Waals surface area contributed by atoms with Gasteiger partial charge in [-0.25, -0.2) is 9.78 Å². The van der Waals surface area contributed by atoms with E-state index in [0.29, 0.717) is 10.0 Å². The predicted octanol–water partition coefficient (Wildman–Crippen LogP) is 3.16. The molecule has 0 spiro atoms. The second-order valence-corrected chi connectivity index (χ2v) is 4.25. The molecule has 15 heavy (non-hydrogen) atoms. The van der Waals surface area contributed by atoms with Crippen LogP contribution in [-0.2, 0) is 0 Å². The second kappa shape index (κ2) is 4.00. The number of carboxylic acids is 1. The molecule has 76 valence electrons. The van der Waals surface area contributed by atoms with Crippen molar-refractivity contribution in [3.8, 4) is 10.6 Å². The van der Waals surface area contributed by atoms with Crippen LogP contribution in [0.4, 0.5) is 0 Å². The minimum Gasteiger partial charge on any atom is -0.477 e. The molecular formula is C10H6ClNO2S. The molecule has 0 aliphatic heterocycles. The van der Waals surface area contributed by atoms with E-state index in [0.717, 1.165) is 16.9 Å². The van der Waals surface area contributed by atoms with Crippen molar-refractivity contribution in [2.75, 3.05) is 0 Å². The molecule has 0 bridgehead atoms. The summed E-state index contributed by atoms with van der Waals surface area (Å²) in [5.41, 5.74) is 0.761. The minimum absolute atomic E-state index is 0.213. The number of aromatic nitrogens is 1. The summed E-state index contributed by atoms with van der Waals surface area (Å²) in [4.78, 5) is 14.9. The number of hydrogen-bond acceptors (Lipinski definition) is 3. The van der Waals surface area contributed by atoms with E-state index in [9.17, 15) is 4.79 Å². The molecule has 3 nitrogen and oxygen atoms in total. The molecule has 0 saturated heterocycles. The molecule has 5 heteroatoms. The fourth-order valence-corrected chi connectivity index (χ4v) is 2.21. The van der Waals surface area contributed by atoms with Crippen molar-refractivity contribution in [3.63, 3.8) is 0 Å². The van der Waals surface area contributed by atoms with Crippen LogP contribution >= 0.6 is 22.9 Å². The topological polar surface area (TPSA) is 50.2 Å². The first kappa shape index (κ1) is 10.1. The third-order valence-electron chi connectivity index (χ3n) is 1.82. The number of halogens is 1. The number of aromatic carboxylic acids is 1. The number of rotatable bonds is 2. The maximum Gasteiger partial charge on any atom is 0.347 e. The zero-order chi connectivity index (χ0) is 10.8. The molecule has 1 heterocycles. The Kier molecular flexibility index (Phi) is 2.70. The Morgan fingerprint density at radius 2 is 2.13 bits per heavy atom. The Morgan fingerprint density at radius 1 is 1.40 bits per heavy atom. The molecule has 0 aliphatic carbocycles. The zero-order valence-corrected chi connectivity index (χ0v) is 9.05. The standard InChI is InChI=1S/C10H6ClNO2S/c11-7-4-2-1-3-6(7)9-12-5-8(15-9)10(13)14/h1-5H,(H,13,14). The first-order chi connectivity index (χ1) is 7.18. The Balaban J connectivity index is 2.46. The third-order valence-corrected chi connectivity index (χ3v) is 3.17. The number of carbonyl (C=O) groups is 1. The molecule has 1 N–H and O–H groups in total. The SMILES string of the molecule is O=C(O)c1cnc(-c2ccccc2Cl)s1. The third kappa shape index (κ3) is 2.00. The predicted molar refractivity (Wildman–Crippen MR) is 59.5 cm³/mol. The summed E-state index contributed by atoms with van der Waals surface area (Å²) in [6.07, 6.45) is 1.34. The lowest BCUT2D eigenvalue weighted by Crippen LogP contribution is -1.89. The number of hydrogen-bond donors (Lipinski definition) is 1. The Morgan fingerprint density at radius 3 is 2.73 bits per heavy atom. The van der Waals surface area contributed by atoms with Crippen LogP contribution in [0.1, 0.15) is 9.67 Å². The summed E-state index contributed by atoms with van der Waals surface area (Å²) >= 11 is 7.08. The lowest BCUT2D eigenvalue weighted by atomic mass is 10.2. The molecule has 2 rings (SSSR count). The highest BCUT2D eigenvalue weighted by molar-refractivity contribution is 7.16. The molecular weight excluding hydrogens is 234 g/mol.